The number of halogens is 1. The highest BCUT2D eigenvalue weighted by molar-refractivity contribution is 6.30. The van der Waals surface area contributed by atoms with Gasteiger partial charge in [-0.25, -0.2) is 0 Å². The molecule has 2 rings (SSSR count). The number of hydrogen-bond acceptors (Lipinski definition) is 2. The summed E-state index contributed by atoms with van der Waals surface area (Å²) in [6.07, 6.45) is 0. The first kappa shape index (κ1) is 16.0. The van der Waals surface area contributed by atoms with Crippen LogP contribution in [0.4, 0.5) is 0 Å². The highest BCUT2D eigenvalue weighted by atomic mass is 35.5. The lowest BCUT2D eigenvalue weighted by atomic mass is 10.2. The lowest BCUT2D eigenvalue weighted by Crippen LogP contribution is -2.44. The molecule has 1 unspecified atom stereocenters. The van der Waals surface area contributed by atoms with Crippen LogP contribution in [-0.4, -0.2) is 17.9 Å². The Kier molecular flexibility index (Phi) is 5.55. The van der Waals surface area contributed by atoms with E-state index in [1.165, 1.54) is 0 Å². The van der Waals surface area contributed by atoms with E-state index in [9.17, 15) is 9.59 Å². The molecule has 0 bridgehead atoms. The van der Waals surface area contributed by atoms with Crippen molar-refractivity contribution in [3.63, 3.8) is 0 Å². The molecule has 5 heteroatoms. The molecule has 114 valence electrons. The van der Waals surface area contributed by atoms with Gasteiger partial charge in [-0.15, -0.1) is 0 Å². The van der Waals surface area contributed by atoms with E-state index >= 15 is 0 Å². The summed E-state index contributed by atoms with van der Waals surface area (Å²) in [5.74, 6) is -0.537. The molecule has 2 aromatic rings. The van der Waals surface area contributed by atoms with E-state index in [1.54, 1.807) is 31.2 Å². The van der Waals surface area contributed by atoms with E-state index in [-0.39, 0.29) is 11.8 Å². The number of rotatable bonds is 5. The van der Waals surface area contributed by atoms with E-state index in [2.05, 4.69) is 10.6 Å². The topological polar surface area (TPSA) is 58.2 Å². The van der Waals surface area contributed by atoms with Crippen LogP contribution < -0.4 is 10.6 Å². The molecule has 4 nitrogen and oxygen atoms in total. The first-order valence-electron chi connectivity index (χ1n) is 6.94. The standard InChI is InChI=1S/C17H17ClN2O2/c1-12(16(21)19-11-13-5-3-2-4-6-13)20-17(22)14-7-9-15(18)10-8-14/h2-10,12H,11H2,1H3,(H,19,21)(H,20,22). The van der Waals surface area contributed by atoms with Crippen molar-refractivity contribution in [2.75, 3.05) is 0 Å². The van der Waals surface area contributed by atoms with Crippen molar-refractivity contribution in [2.45, 2.75) is 19.5 Å². The zero-order valence-corrected chi connectivity index (χ0v) is 12.9. The fourth-order valence-electron chi connectivity index (χ4n) is 1.88. The number of amides is 2. The van der Waals surface area contributed by atoms with Crippen molar-refractivity contribution in [1.29, 1.82) is 0 Å². The van der Waals surface area contributed by atoms with E-state index < -0.39 is 6.04 Å². The van der Waals surface area contributed by atoms with Gasteiger partial charge in [0.1, 0.15) is 6.04 Å². The summed E-state index contributed by atoms with van der Waals surface area (Å²) >= 11 is 5.78. The molecule has 0 aliphatic heterocycles. The second kappa shape index (κ2) is 7.61. The third kappa shape index (κ3) is 4.60. The van der Waals surface area contributed by atoms with E-state index in [4.69, 9.17) is 11.6 Å². The summed E-state index contributed by atoms with van der Waals surface area (Å²) in [5.41, 5.74) is 1.47. The average molecular weight is 317 g/mol. The molecule has 2 amide bonds. The Morgan fingerprint density at radius 2 is 1.68 bits per heavy atom. The van der Waals surface area contributed by atoms with Crippen molar-refractivity contribution in [3.8, 4) is 0 Å². The van der Waals surface area contributed by atoms with Gasteiger partial charge in [-0.05, 0) is 36.8 Å². The van der Waals surface area contributed by atoms with Crippen molar-refractivity contribution >= 4 is 23.4 Å². The highest BCUT2D eigenvalue weighted by Gasteiger charge is 2.16. The van der Waals surface area contributed by atoms with Crippen molar-refractivity contribution in [1.82, 2.24) is 10.6 Å². The molecule has 0 radical (unpaired) electrons. The van der Waals surface area contributed by atoms with Gasteiger partial charge in [0.25, 0.3) is 5.91 Å². The molecule has 0 saturated heterocycles. The first-order chi connectivity index (χ1) is 10.6. The first-order valence-corrected chi connectivity index (χ1v) is 7.32. The molecule has 0 spiro atoms. The lowest BCUT2D eigenvalue weighted by Gasteiger charge is -2.14. The van der Waals surface area contributed by atoms with Crippen LogP contribution in [0.15, 0.2) is 54.6 Å². The van der Waals surface area contributed by atoms with E-state index in [0.29, 0.717) is 17.1 Å². The molecule has 0 fully saturated rings. The average Bonchev–Trinajstić information content (AvgIpc) is 2.54. The largest absolute Gasteiger partial charge is 0.350 e. The smallest absolute Gasteiger partial charge is 0.251 e. The molecule has 0 aromatic heterocycles. The van der Waals surface area contributed by atoms with Crippen LogP contribution >= 0.6 is 11.6 Å². The summed E-state index contributed by atoms with van der Waals surface area (Å²) in [6, 6.07) is 15.5. The zero-order valence-electron chi connectivity index (χ0n) is 12.2. The number of carbonyl (C=O) groups is 2. The SMILES string of the molecule is CC(NC(=O)c1ccc(Cl)cc1)C(=O)NCc1ccccc1. The molecular formula is C17H17ClN2O2. The van der Waals surface area contributed by atoms with Crippen LogP contribution in [0.2, 0.25) is 5.02 Å². The van der Waals surface area contributed by atoms with Crippen molar-refractivity contribution in [3.05, 3.63) is 70.7 Å². The molecule has 1 atom stereocenters. The van der Waals surface area contributed by atoms with Crippen LogP contribution in [0, 0.1) is 0 Å². The normalized spacial score (nSPS) is 11.5. The third-order valence-electron chi connectivity index (χ3n) is 3.16. The minimum absolute atomic E-state index is 0.230. The van der Waals surface area contributed by atoms with Crippen LogP contribution in [0.1, 0.15) is 22.8 Å². The van der Waals surface area contributed by atoms with Crippen molar-refractivity contribution < 1.29 is 9.59 Å². The lowest BCUT2D eigenvalue weighted by molar-refractivity contribution is -0.122. The predicted molar refractivity (Wildman–Crippen MR) is 86.7 cm³/mol. The summed E-state index contributed by atoms with van der Waals surface area (Å²) in [7, 11) is 0. The molecule has 2 N–H and O–H groups in total. The van der Waals surface area contributed by atoms with Crippen molar-refractivity contribution in [2.24, 2.45) is 0 Å². The highest BCUT2D eigenvalue weighted by Crippen LogP contribution is 2.09. The number of carbonyl (C=O) groups excluding carboxylic acids is 2. The monoisotopic (exact) mass is 316 g/mol. The summed E-state index contributed by atoms with van der Waals surface area (Å²) in [5, 5.41) is 6.01. The Bertz CT molecular complexity index is 641. The Balaban J connectivity index is 1.85. The van der Waals surface area contributed by atoms with Crippen LogP contribution in [0.3, 0.4) is 0 Å². The number of nitrogens with one attached hydrogen (secondary N) is 2. The molecular weight excluding hydrogens is 300 g/mol. The fourth-order valence-corrected chi connectivity index (χ4v) is 2.01. The van der Waals surface area contributed by atoms with Crippen LogP contribution in [-0.2, 0) is 11.3 Å². The van der Waals surface area contributed by atoms with Gasteiger partial charge in [-0.1, -0.05) is 41.9 Å². The van der Waals surface area contributed by atoms with Crippen LogP contribution in [0.25, 0.3) is 0 Å². The maximum absolute atomic E-state index is 12.0. The Morgan fingerprint density at radius 1 is 1.05 bits per heavy atom. The minimum atomic E-state index is -0.619. The summed E-state index contributed by atoms with van der Waals surface area (Å²) in [4.78, 5) is 24.0. The predicted octanol–water partition coefficient (Wildman–Crippen LogP) is 2.77. The Hall–Kier alpha value is -2.33. The quantitative estimate of drug-likeness (QED) is 0.891. The van der Waals surface area contributed by atoms with Gasteiger partial charge in [0.05, 0.1) is 0 Å². The zero-order chi connectivity index (χ0) is 15.9. The van der Waals surface area contributed by atoms with Gasteiger partial charge in [-0.3, -0.25) is 9.59 Å². The third-order valence-corrected chi connectivity index (χ3v) is 3.41. The van der Waals surface area contributed by atoms with Gasteiger partial charge >= 0.3 is 0 Å². The molecule has 0 saturated carbocycles. The van der Waals surface area contributed by atoms with Gasteiger partial charge in [0.15, 0.2) is 0 Å². The second-order valence-electron chi connectivity index (χ2n) is 4.91. The van der Waals surface area contributed by atoms with Gasteiger partial charge in [0.2, 0.25) is 5.91 Å². The molecule has 0 aliphatic carbocycles. The van der Waals surface area contributed by atoms with E-state index in [0.717, 1.165) is 5.56 Å². The molecule has 0 aliphatic rings. The second-order valence-corrected chi connectivity index (χ2v) is 5.34. The maximum atomic E-state index is 12.0. The Labute approximate surface area is 134 Å². The molecule has 0 heterocycles. The fraction of sp³-hybridized carbons (Fsp3) is 0.176. The number of hydrogen-bond donors (Lipinski definition) is 2. The van der Waals surface area contributed by atoms with Gasteiger partial charge in [-0.2, -0.15) is 0 Å². The number of benzene rings is 2. The Morgan fingerprint density at radius 3 is 2.32 bits per heavy atom. The molecule has 22 heavy (non-hydrogen) atoms. The summed E-state index contributed by atoms with van der Waals surface area (Å²) in [6.45, 7) is 2.08. The van der Waals surface area contributed by atoms with E-state index in [1.807, 2.05) is 30.3 Å². The van der Waals surface area contributed by atoms with Gasteiger partial charge < -0.3 is 10.6 Å². The maximum Gasteiger partial charge on any atom is 0.251 e. The minimum Gasteiger partial charge on any atom is -0.350 e. The molecule has 2 aromatic carbocycles. The summed E-state index contributed by atoms with van der Waals surface area (Å²) < 4.78 is 0. The van der Waals surface area contributed by atoms with Gasteiger partial charge in [0, 0.05) is 17.1 Å². The van der Waals surface area contributed by atoms with Crippen LogP contribution in [0.5, 0.6) is 0 Å².